The van der Waals surface area contributed by atoms with Crippen molar-refractivity contribution in [1.82, 2.24) is 4.90 Å². The molecule has 1 aromatic carbocycles. The van der Waals surface area contributed by atoms with E-state index < -0.39 is 0 Å². The Labute approximate surface area is 120 Å². The number of rotatable bonds is 1. The highest BCUT2D eigenvalue weighted by molar-refractivity contribution is 5.94. The standard InChI is InChI=1S/C17H21NO2/c1-13-5-3-6-14(2)18(13)17(20)16-10-8-15(9-11-16)7-4-12-19/h8-11,13-14,19H,3,5-6,12H2,1-2H3. The number of carbonyl (C=O) groups excluding carboxylic acids is 1. The first-order valence-corrected chi connectivity index (χ1v) is 7.16. The van der Waals surface area contributed by atoms with Crippen molar-refractivity contribution in [2.24, 2.45) is 0 Å². The number of aliphatic hydroxyl groups is 1. The molecule has 2 unspecified atom stereocenters. The second kappa shape index (κ2) is 6.58. The predicted molar refractivity (Wildman–Crippen MR) is 79.4 cm³/mol. The minimum Gasteiger partial charge on any atom is -0.384 e. The van der Waals surface area contributed by atoms with Gasteiger partial charge in [-0.05, 0) is 57.4 Å². The van der Waals surface area contributed by atoms with Crippen LogP contribution >= 0.6 is 0 Å². The molecular weight excluding hydrogens is 250 g/mol. The molecule has 20 heavy (non-hydrogen) atoms. The second-order valence-corrected chi connectivity index (χ2v) is 5.38. The highest BCUT2D eigenvalue weighted by Crippen LogP contribution is 2.24. The van der Waals surface area contributed by atoms with Crippen molar-refractivity contribution in [2.45, 2.75) is 45.2 Å². The van der Waals surface area contributed by atoms with Crippen molar-refractivity contribution in [3.05, 3.63) is 35.4 Å². The van der Waals surface area contributed by atoms with Crippen LogP contribution in [0.1, 0.15) is 49.0 Å². The molecule has 0 aliphatic carbocycles. The summed E-state index contributed by atoms with van der Waals surface area (Å²) in [6, 6.07) is 7.90. The van der Waals surface area contributed by atoms with Gasteiger partial charge >= 0.3 is 0 Å². The molecule has 1 aliphatic heterocycles. The number of likely N-dealkylation sites (tertiary alicyclic amines) is 1. The lowest BCUT2D eigenvalue weighted by atomic mass is 9.96. The fourth-order valence-electron chi connectivity index (χ4n) is 2.81. The summed E-state index contributed by atoms with van der Waals surface area (Å²) in [6.45, 7) is 4.09. The molecule has 1 heterocycles. The van der Waals surface area contributed by atoms with E-state index in [9.17, 15) is 4.79 Å². The van der Waals surface area contributed by atoms with Crippen molar-refractivity contribution in [2.75, 3.05) is 6.61 Å². The number of aliphatic hydroxyl groups excluding tert-OH is 1. The quantitative estimate of drug-likeness (QED) is 0.797. The van der Waals surface area contributed by atoms with Gasteiger partial charge in [-0.15, -0.1) is 0 Å². The van der Waals surface area contributed by atoms with Crippen molar-refractivity contribution < 1.29 is 9.90 Å². The normalized spacial score (nSPS) is 22.1. The Morgan fingerprint density at radius 2 is 1.85 bits per heavy atom. The smallest absolute Gasteiger partial charge is 0.254 e. The molecule has 1 amide bonds. The van der Waals surface area contributed by atoms with Crippen molar-refractivity contribution in [3.8, 4) is 11.8 Å². The van der Waals surface area contributed by atoms with E-state index in [2.05, 4.69) is 25.7 Å². The third kappa shape index (κ3) is 3.20. The number of piperidine rings is 1. The molecule has 106 valence electrons. The zero-order valence-electron chi connectivity index (χ0n) is 12.1. The minimum absolute atomic E-state index is 0.103. The minimum atomic E-state index is -0.149. The van der Waals surface area contributed by atoms with Crippen LogP contribution in [-0.2, 0) is 0 Å². The average Bonchev–Trinajstić information content (AvgIpc) is 2.45. The summed E-state index contributed by atoms with van der Waals surface area (Å²) in [5.74, 6) is 5.54. The van der Waals surface area contributed by atoms with Crippen LogP contribution in [0.3, 0.4) is 0 Å². The van der Waals surface area contributed by atoms with E-state index in [0.717, 1.165) is 18.4 Å². The van der Waals surface area contributed by atoms with E-state index >= 15 is 0 Å². The lowest BCUT2D eigenvalue weighted by molar-refractivity contribution is 0.0511. The Kier molecular flexibility index (Phi) is 4.81. The largest absolute Gasteiger partial charge is 0.384 e. The van der Waals surface area contributed by atoms with E-state index in [-0.39, 0.29) is 12.5 Å². The molecule has 0 bridgehead atoms. The molecule has 3 heteroatoms. The summed E-state index contributed by atoms with van der Waals surface area (Å²) < 4.78 is 0. The van der Waals surface area contributed by atoms with Gasteiger partial charge in [0.15, 0.2) is 0 Å². The molecule has 1 N–H and O–H groups in total. The summed E-state index contributed by atoms with van der Waals surface area (Å²) in [7, 11) is 0. The van der Waals surface area contributed by atoms with Crippen molar-refractivity contribution in [3.63, 3.8) is 0 Å². The number of carbonyl (C=O) groups is 1. The summed E-state index contributed by atoms with van der Waals surface area (Å²) in [5.41, 5.74) is 1.52. The Morgan fingerprint density at radius 3 is 2.40 bits per heavy atom. The first kappa shape index (κ1) is 14.6. The molecule has 2 atom stereocenters. The van der Waals surface area contributed by atoms with Crippen LogP contribution in [0.4, 0.5) is 0 Å². The second-order valence-electron chi connectivity index (χ2n) is 5.38. The molecule has 1 fully saturated rings. The van der Waals surface area contributed by atoms with Gasteiger partial charge in [0.25, 0.3) is 5.91 Å². The number of nitrogens with zero attached hydrogens (tertiary/aromatic N) is 1. The number of hydrogen-bond donors (Lipinski definition) is 1. The van der Waals surface area contributed by atoms with Gasteiger partial charge in [0, 0.05) is 23.2 Å². The average molecular weight is 271 g/mol. The van der Waals surface area contributed by atoms with Gasteiger partial charge in [-0.3, -0.25) is 4.79 Å². The zero-order chi connectivity index (χ0) is 14.5. The SMILES string of the molecule is CC1CCCC(C)N1C(=O)c1ccc(C#CCO)cc1. The van der Waals surface area contributed by atoms with Crippen molar-refractivity contribution >= 4 is 5.91 Å². The van der Waals surface area contributed by atoms with Gasteiger partial charge in [0.1, 0.15) is 6.61 Å². The molecule has 0 radical (unpaired) electrons. The summed E-state index contributed by atoms with van der Waals surface area (Å²) in [5, 5.41) is 8.66. The fraction of sp³-hybridized carbons (Fsp3) is 0.471. The zero-order valence-corrected chi connectivity index (χ0v) is 12.1. The maximum absolute atomic E-state index is 12.6. The van der Waals surface area contributed by atoms with Crippen LogP contribution in [0.15, 0.2) is 24.3 Å². The predicted octanol–water partition coefficient (Wildman–Crippen LogP) is 2.43. The van der Waals surface area contributed by atoms with E-state index in [1.807, 2.05) is 29.2 Å². The Balaban J connectivity index is 2.16. The van der Waals surface area contributed by atoms with E-state index in [4.69, 9.17) is 5.11 Å². The lowest BCUT2D eigenvalue weighted by Gasteiger charge is -2.39. The van der Waals surface area contributed by atoms with Gasteiger partial charge in [0.2, 0.25) is 0 Å². The van der Waals surface area contributed by atoms with E-state index in [0.29, 0.717) is 17.6 Å². The van der Waals surface area contributed by atoms with Crippen LogP contribution in [0.5, 0.6) is 0 Å². The van der Waals surface area contributed by atoms with E-state index in [1.54, 1.807) is 0 Å². The highest BCUT2D eigenvalue weighted by Gasteiger charge is 2.29. The van der Waals surface area contributed by atoms with Crippen LogP contribution in [0, 0.1) is 11.8 Å². The number of benzene rings is 1. The number of hydrogen-bond acceptors (Lipinski definition) is 2. The van der Waals surface area contributed by atoms with Crippen LogP contribution < -0.4 is 0 Å². The van der Waals surface area contributed by atoms with Gasteiger partial charge in [-0.2, -0.15) is 0 Å². The van der Waals surface area contributed by atoms with Crippen LogP contribution in [0.2, 0.25) is 0 Å². The molecule has 1 aliphatic rings. The number of amides is 1. The molecule has 1 aromatic rings. The highest BCUT2D eigenvalue weighted by atomic mass is 16.2. The molecule has 3 nitrogen and oxygen atoms in total. The monoisotopic (exact) mass is 271 g/mol. The molecule has 1 saturated heterocycles. The Bertz CT molecular complexity index is 514. The third-order valence-electron chi connectivity index (χ3n) is 3.87. The van der Waals surface area contributed by atoms with Crippen LogP contribution in [0.25, 0.3) is 0 Å². The lowest BCUT2D eigenvalue weighted by Crippen LogP contribution is -2.47. The Hall–Kier alpha value is -1.79. The first-order chi connectivity index (χ1) is 9.63. The Morgan fingerprint density at radius 1 is 1.25 bits per heavy atom. The maximum atomic E-state index is 12.6. The van der Waals surface area contributed by atoms with Gasteiger partial charge in [0.05, 0.1) is 0 Å². The fourth-order valence-corrected chi connectivity index (χ4v) is 2.81. The van der Waals surface area contributed by atoms with Gasteiger partial charge < -0.3 is 10.0 Å². The van der Waals surface area contributed by atoms with Gasteiger partial charge in [-0.1, -0.05) is 11.8 Å². The molecule has 0 aromatic heterocycles. The van der Waals surface area contributed by atoms with Crippen LogP contribution in [-0.4, -0.2) is 34.6 Å². The molecular formula is C17H21NO2. The molecule has 0 saturated carbocycles. The van der Waals surface area contributed by atoms with Gasteiger partial charge in [-0.25, -0.2) is 0 Å². The topological polar surface area (TPSA) is 40.5 Å². The summed E-state index contributed by atoms with van der Waals surface area (Å²) >= 11 is 0. The molecule has 2 rings (SSSR count). The molecule has 0 spiro atoms. The third-order valence-corrected chi connectivity index (χ3v) is 3.87. The summed E-state index contributed by atoms with van der Waals surface area (Å²) in [6.07, 6.45) is 3.36. The first-order valence-electron chi connectivity index (χ1n) is 7.16. The maximum Gasteiger partial charge on any atom is 0.254 e. The van der Waals surface area contributed by atoms with E-state index in [1.165, 1.54) is 6.42 Å². The van der Waals surface area contributed by atoms with Crippen molar-refractivity contribution in [1.29, 1.82) is 0 Å². The summed E-state index contributed by atoms with van der Waals surface area (Å²) in [4.78, 5) is 14.6.